The fraction of sp³-hybridized carbons (Fsp3) is 0.839. The first-order valence-corrected chi connectivity index (χ1v) is 16.7. The first-order valence-electron chi connectivity index (χ1n) is 16.0. The highest BCUT2D eigenvalue weighted by molar-refractivity contribution is 7.62. The van der Waals surface area contributed by atoms with Crippen LogP contribution in [0.2, 0.25) is 0 Å². The van der Waals surface area contributed by atoms with Crippen LogP contribution in [0.15, 0.2) is 0 Å². The molecular formula is C31H59N7O6S+2. The molecule has 1 aliphatic heterocycles. The van der Waals surface area contributed by atoms with Crippen molar-refractivity contribution in [3.05, 3.63) is 0 Å². The van der Waals surface area contributed by atoms with Gasteiger partial charge in [0.05, 0.1) is 43.5 Å². The minimum atomic E-state index is -0.970. The molecule has 0 saturated carbocycles. The van der Waals surface area contributed by atoms with Crippen molar-refractivity contribution in [3.8, 4) is 0 Å². The van der Waals surface area contributed by atoms with E-state index in [4.69, 9.17) is 0 Å². The number of hydrogen-bond acceptors (Lipinski definition) is 6. The van der Waals surface area contributed by atoms with Gasteiger partial charge in [-0.1, -0.05) is 55.4 Å². The molecule has 0 aromatic heterocycles. The normalized spacial score (nSPS) is 18.5. The number of hydrogen-bond donors (Lipinski definition) is 5. The lowest BCUT2D eigenvalue weighted by Crippen LogP contribution is -2.79. The molecule has 258 valence electrons. The maximum absolute atomic E-state index is 14.1. The van der Waals surface area contributed by atoms with Gasteiger partial charge in [-0.15, -0.1) is 0 Å². The quantitative estimate of drug-likeness (QED) is 0.0697. The summed E-state index contributed by atoms with van der Waals surface area (Å²) in [6.07, 6.45) is 1.23. The van der Waals surface area contributed by atoms with Gasteiger partial charge in [0.2, 0.25) is 17.6 Å². The lowest BCUT2D eigenvalue weighted by atomic mass is 9.85. The van der Waals surface area contributed by atoms with Crippen LogP contribution in [0.25, 0.3) is 0 Å². The van der Waals surface area contributed by atoms with Crippen molar-refractivity contribution >= 4 is 41.4 Å². The number of Topliss-reactive ketones (excluding diaryl/α,β-unsaturated/α-hetero) is 1. The fourth-order valence-electron chi connectivity index (χ4n) is 5.07. The first kappa shape index (κ1) is 40.3. The Labute approximate surface area is 273 Å². The van der Waals surface area contributed by atoms with E-state index in [9.17, 15) is 28.2 Å². The van der Waals surface area contributed by atoms with Crippen molar-refractivity contribution in [2.45, 2.75) is 106 Å². The average Bonchev–Trinajstić information content (AvgIpc) is 3.37. The molecule has 5 amide bonds. The maximum atomic E-state index is 14.1. The highest BCUT2D eigenvalue weighted by Crippen LogP contribution is 2.32. The zero-order valence-corrected chi connectivity index (χ0v) is 30.1. The molecule has 0 radical (unpaired) electrons. The molecule has 0 aromatic carbocycles. The summed E-state index contributed by atoms with van der Waals surface area (Å²) >= 11 is 0.402. The molecule has 1 rings (SSSR count). The van der Waals surface area contributed by atoms with Crippen molar-refractivity contribution in [2.24, 2.45) is 22.7 Å². The van der Waals surface area contributed by atoms with Crippen LogP contribution in [-0.2, 0) is 35.2 Å². The summed E-state index contributed by atoms with van der Waals surface area (Å²) < 4.78 is 13.5. The van der Waals surface area contributed by atoms with E-state index in [0.29, 0.717) is 37.9 Å². The molecule has 6 N–H and O–H groups in total. The van der Waals surface area contributed by atoms with Gasteiger partial charge in [0, 0.05) is 19.0 Å². The van der Waals surface area contributed by atoms with E-state index < -0.39 is 53.6 Å². The third-order valence-corrected chi connectivity index (χ3v) is 8.63. The molecule has 0 unspecified atom stereocenters. The van der Waals surface area contributed by atoms with Gasteiger partial charge in [0.1, 0.15) is 12.1 Å². The van der Waals surface area contributed by atoms with E-state index in [1.54, 1.807) is 18.2 Å². The largest absolute Gasteiger partial charge is 0.590 e. The smallest absolute Gasteiger partial charge is 0.349 e. The molecule has 0 aromatic rings. The van der Waals surface area contributed by atoms with Crippen molar-refractivity contribution in [3.63, 3.8) is 0 Å². The lowest BCUT2D eigenvalue weighted by Gasteiger charge is -2.37. The number of likely N-dealkylation sites (tertiary alicyclic amines) is 1. The second kappa shape index (κ2) is 17.8. The Kier molecular flexibility index (Phi) is 16.0. The van der Waals surface area contributed by atoms with Crippen molar-refractivity contribution in [1.29, 1.82) is 0 Å². The predicted molar refractivity (Wildman–Crippen MR) is 175 cm³/mol. The summed E-state index contributed by atoms with van der Waals surface area (Å²) in [7, 11) is 1.97. The van der Waals surface area contributed by atoms with Crippen LogP contribution >= 0.6 is 0 Å². The first-order chi connectivity index (χ1) is 20.7. The van der Waals surface area contributed by atoms with Crippen LogP contribution in [0.4, 0.5) is 4.79 Å². The van der Waals surface area contributed by atoms with Crippen molar-refractivity contribution < 1.29 is 33.5 Å². The third kappa shape index (κ3) is 13.3. The summed E-state index contributed by atoms with van der Waals surface area (Å²) in [6.45, 7) is 20.6. The van der Waals surface area contributed by atoms with Gasteiger partial charge in [0.15, 0.2) is 0 Å². The lowest BCUT2D eigenvalue weighted by molar-refractivity contribution is -0.627. The van der Waals surface area contributed by atoms with E-state index in [1.807, 2.05) is 67.8 Å². The number of quaternary nitrogens is 1. The Morgan fingerprint density at radius 1 is 0.956 bits per heavy atom. The van der Waals surface area contributed by atoms with Crippen LogP contribution in [0.5, 0.6) is 0 Å². The molecule has 0 spiro atoms. The molecule has 1 fully saturated rings. The van der Waals surface area contributed by atoms with Crippen molar-refractivity contribution in [2.75, 3.05) is 39.8 Å². The van der Waals surface area contributed by atoms with E-state index in [1.165, 1.54) is 4.90 Å². The number of carbonyl (C=O) groups excluding carboxylic acids is 5. The molecule has 0 bridgehead atoms. The number of urea groups is 1. The second-order valence-corrected chi connectivity index (χ2v) is 15.5. The number of nitrogens with two attached hydrogens (primary N) is 1. The zero-order chi connectivity index (χ0) is 34.7. The van der Waals surface area contributed by atoms with Crippen LogP contribution in [0.1, 0.15) is 82.1 Å². The topological polar surface area (TPSA) is 174 Å². The third-order valence-electron chi connectivity index (χ3n) is 8.09. The molecule has 1 aliphatic rings. The molecule has 14 heteroatoms. The van der Waals surface area contributed by atoms with Gasteiger partial charge >= 0.3 is 17.9 Å². The summed E-state index contributed by atoms with van der Waals surface area (Å²) in [5.74, 6) is -2.25. The number of rotatable bonds is 16. The average molecular weight is 658 g/mol. The highest BCUT2D eigenvalue weighted by Gasteiger charge is 2.46. The van der Waals surface area contributed by atoms with Crippen LogP contribution in [-0.4, -0.2) is 103 Å². The maximum Gasteiger partial charge on any atom is 0.590 e. The van der Waals surface area contributed by atoms with Crippen LogP contribution in [0.3, 0.4) is 0 Å². The van der Waals surface area contributed by atoms with Gasteiger partial charge in [-0.2, -0.15) is 0 Å². The summed E-state index contributed by atoms with van der Waals surface area (Å²) in [4.78, 5) is 66.7. The van der Waals surface area contributed by atoms with E-state index in [-0.39, 0.29) is 29.3 Å². The van der Waals surface area contributed by atoms with E-state index in [2.05, 4.69) is 21.3 Å². The van der Waals surface area contributed by atoms with Crippen LogP contribution < -0.4 is 26.6 Å². The van der Waals surface area contributed by atoms with Gasteiger partial charge in [-0.25, -0.2) is 4.79 Å². The monoisotopic (exact) mass is 657 g/mol. The molecule has 1 heterocycles. The Morgan fingerprint density at radius 2 is 1.58 bits per heavy atom. The summed E-state index contributed by atoms with van der Waals surface area (Å²) in [5, 5.41) is 13.0. The summed E-state index contributed by atoms with van der Waals surface area (Å²) in [6, 6.07) is -2.97. The Hall–Kier alpha value is -2.71. The molecule has 1 saturated heterocycles. The molecule has 4 atom stereocenters. The number of amides is 5. The second-order valence-electron chi connectivity index (χ2n) is 14.9. The van der Waals surface area contributed by atoms with E-state index in [0.717, 1.165) is 13.0 Å². The Balaban J connectivity index is 3.15. The standard InChI is InChI=1S/C31H57N7O6S/c1-19(2)21-15-22(26(40)33-16-23(39)27(41)34-20(3)4)38(17-21)28(42)25(31(8,9)10)36-29(43)35-24(30(5,6)7)18-37(45-44)14-12-13-32-11/h19-22,24-25,32H,12-18H2,1-11H3,(H3-,33,34,35,36,40,41,43)/p+2/t21-,22+,24-,25-/m1/s1. The number of carbonyl (C=O) groups is 5. The molecule has 0 aliphatic carbocycles. The molecular weight excluding hydrogens is 598 g/mol. The van der Waals surface area contributed by atoms with Crippen LogP contribution in [0, 0.1) is 22.7 Å². The van der Waals surface area contributed by atoms with Gasteiger partial charge in [0.25, 0.3) is 5.91 Å². The number of ketones is 1. The highest BCUT2D eigenvalue weighted by atomic mass is 32.2. The van der Waals surface area contributed by atoms with Gasteiger partial charge in [-0.05, 0) is 47.2 Å². The van der Waals surface area contributed by atoms with Gasteiger partial charge in [-0.3, -0.25) is 19.2 Å². The Bertz CT molecular complexity index is 1040. The fourth-order valence-corrected chi connectivity index (χ4v) is 5.48. The van der Waals surface area contributed by atoms with Crippen molar-refractivity contribution in [1.82, 2.24) is 30.5 Å². The zero-order valence-electron chi connectivity index (χ0n) is 29.2. The molecule has 13 nitrogen and oxygen atoms in total. The number of nitrogens with zero attached hydrogens (tertiary/aromatic N) is 2. The minimum Gasteiger partial charge on any atom is -0.349 e. The number of nitrogens with one attached hydrogen (secondary N) is 4. The molecule has 45 heavy (non-hydrogen) atoms. The van der Waals surface area contributed by atoms with Gasteiger partial charge < -0.3 is 31.5 Å². The predicted octanol–water partition coefficient (Wildman–Crippen LogP) is 0.426. The van der Waals surface area contributed by atoms with E-state index >= 15 is 0 Å². The summed E-state index contributed by atoms with van der Waals surface area (Å²) in [5.41, 5.74) is -1.09. The SMILES string of the molecule is C[NH2+]CCCN(C[C@@H](NC(=O)N[C@H](C(=O)N1C[C@H](C(C)C)C[C@H]1C(=O)NCC(=O)C(=O)NC(C)C)C(C)(C)C)C(C)(C)C)[S+]=O. The Morgan fingerprint density at radius 3 is 2.07 bits per heavy atom. The minimum absolute atomic E-state index is 0.0326.